The Hall–Kier alpha value is -0.610. The molecule has 0 spiro atoms. The minimum atomic E-state index is -0.435. The predicted molar refractivity (Wildman–Crippen MR) is 61.4 cm³/mol. The van der Waals surface area contributed by atoms with E-state index in [4.69, 9.17) is 5.73 Å². The molecule has 1 atom stereocenters. The van der Waals surface area contributed by atoms with Gasteiger partial charge in [-0.3, -0.25) is 4.79 Å². The molecular formula is C11H24N2O2. The number of rotatable bonds is 7. The van der Waals surface area contributed by atoms with E-state index in [9.17, 15) is 9.90 Å². The van der Waals surface area contributed by atoms with Crippen molar-refractivity contribution in [1.82, 2.24) is 5.32 Å². The van der Waals surface area contributed by atoms with Crippen molar-refractivity contribution in [3.63, 3.8) is 0 Å². The molecule has 4 N–H and O–H groups in total. The quantitative estimate of drug-likeness (QED) is 0.584. The summed E-state index contributed by atoms with van der Waals surface area (Å²) >= 11 is 0. The number of aliphatic hydroxyl groups is 1. The second kappa shape index (κ2) is 6.80. The summed E-state index contributed by atoms with van der Waals surface area (Å²) in [5.74, 6) is -0.128. The fraction of sp³-hybridized carbons (Fsp3) is 0.909. The van der Waals surface area contributed by atoms with Gasteiger partial charge in [0.05, 0.1) is 12.6 Å². The summed E-state index contributed by atoms with van der Waals surface area (Å²) in [7, 11) is 0. The fourth-order valence-corrected chi connectivity index (χ4v) is 1.37. The number of nitrogens with one attached hydrogen (secondary N) is 1. The van der Waals surface area contributed by atoms with Gasteiger partial charge in [-0.15, -0.1) is 0 Å². The summed E-state index contributed by atoms with van der Waals surface area (Å²) in [6.07, 6.45) is 2.33. The molecule has 0 aliphatic carbocycles. The minimum Gasteiger partial charge on any atom is -0.396 e. The van der Waals surface area contributed by atoms with Gasteiger partial charge in [0.25, 0.3) is 0 Å². The van der Waals surface area contributed by atoms with Crippen LogP contribution in [-0.4, -0.2) is 30.2 Å². The molecule has 0 rings (SSSR count). The number of carbonyl (C=O) groups excluding carboxylic acids is 1. The van der Waals surface area contributed by atoms with Gasteiger partial charge in [0, 0.05) is 12.0 Å². The average Bonchev–Trinajstić information content (AvgIpc) is 2.30. The summed E-state index contributed by atoms with van der Waals surface area (Å²) in [5, 5.41) is 12.1. The van der Waals surface area contributed by atoms with Crippen molar-refractivity contribution in [2.75, 3.05) is 13.2 Å². The van der Waals surface area contributed by atoms with Crippen LogP contribution in [0.5, 0.6) is 0 Å². The van der Waals surface area contributed by atoms with Gasteiger partial charge in [-0.25, -0.2) is 0 Å². The lowest BCUT2D eigenvalue weighted by atomic mass is 9.83. The van der Waals surface area contributed by atoms with E-state index in [1.807, 2.05) is 20.8 Å². The predicted octanol–water partition coefficient (Wildman–Crippen LogP) is 0.639. The maximum Gasteiger partial charge on any atom is 0.236 e. The molecule has 0 saturated heterocycles. The summed E-state index contributed by atoms with van der Waals surface area (Å²) in [6.45, 7) is 6.52. The second-order valence-corrected chi connectivity index (χ2v) is 4.10. The van der Waals surface area contributed by atoms with E-state index in [0.29, 0.717) is 13.0 Å². The molecule has 4 heteroatoms. The van der Waals surface area contributed by atoms with Crippen LogP contribution in [0.3, 0.4) is 0 Å². The van der Waals surface area contributed by atoms with Gasteiger partial charge >= 0.3 is 0 Å². The van der Waals surface area contributed by atoms with Crippen molar-refractivity contribution >= 4 is 5.91 Å². The lowest BCUT2D eigenvalue weighted by Crippen LogP contribution is -2.46. The molecule has 0 unspecified atom stereocenters. The first kappa shape index (κ1) is 14.4. The number of amides is 1. The first-order chi connectivity index (χ1) is 7.05. The normalized spacial score (nSPS) is 13.7. The van der Waals surface area contributed by atoms with Crippen LogP contribution < -0.4 is 11.1 Å². The Morgan fingerprint density at radius 2 is 1.93 bits per heavy atom. The molecule has 0 aromatic heterocycles. The molecule has 0 aromatic carbocycles. The lowest BCUT2D eigenvalue weighted by molar-refractivity contribution is -0.123. The van der Waals surface area contributed by atoms with Crippen molar-refractivity contribution in [1.29, 1.82) is 0 Å². The molecule has 0 saturated carbocycles. The van der Waals surface area contributed by atoms with Gasteiger partial charge in [0.1, 0.15) is 0 Å². The summed E-state index contributed by atoms with van der Waals surface area (Å²) in [5.41, 5.74) is 5.40. The zero-order valence-electron chi connectivity index (χ0n) is 10.0. The Kier molecular flexibility index (Phi) is 6.52. The standard InChI is InChI=1S/C11H24N2O2/c1-4-9(12)10(15)13-7-11(5-2,6-3)8-14/h9,14H,4-8,12H2,1-3H3,(H,13,15)/t9-/m1/s1. The Labute approximate surface area is 92.2 Å². The SMILES string of the molecule is CC[C@@H](N)C(=O)NCC(CC)(CC)CO. The smallest absolute Gasteiger partial charge is 0.236 e. The highest BCUT2D eigenvalue weighted by molar-refractivity contribution is 5.81. The molecule has 0 aliphatic rings. The molecule has 0 bridgehead atoms. The van der Waals surface area contributed by atoms with Gasteiger partial charge in [-0.1, -0.05) is 20.8 Å². The van der Waals surface area contributed by atoms with Gasteiger partial charge in [0.2, 0.25) is 5.91 Å². The minimum absolute atomic E-state index is 0.0989. The monoisotopic (exact) mass is 216 g/mol. The number of hydrogen-bond donors (Lipinski definition) is 3. The molecule has 4 nitrogen and oxygen atoms in total. The van der Waals surface area contributed by atoms with Crippen LogP contribution in [0.4, 0.5) is 0 Å². The molecule has 0 aromatic rings. The number of aliphatic hydroxyl groups excluding tert-OH is 1. The van der Waals surface area contributed by atoms with E-state index in [0.717, 1.165) is 12.8 Å². The van der Waals surface area contributed by atoms with Crippen LogP contribution in [0.2, 0.25) is 0 Å². The van der Waals surface area contributed by atoms with Gasteiger partial charge in [-0.05, 0) is 19.3 Å². The maximum atomic E-state index is 11.5. The van der Waals surface area contributed by atoms with Gasteiger partial charge in [-0.2, -0.15) is 0 Å². The molecule has 90 valence electrons. The molecular weight excluding hydrogens is 192 g/mol. The Balaban J connectivity index is 4.16. The van der Waals surface area contributed by atoms with E-state index >= 15 is 0 Å². The first-order valence-corrected chi connectivity index (χ1v) is 5.69. The van der Waals surface area contributed by atoms with Gasteiger partial charge < -0.3 is 16.2 Å². The van der Waals surface area contributed by atoms with Crippen LogP contribution in [0.1, 0.15) is 40.0 Å². The van der Waals surface area contributed by atoms with Crippen LogP contribution in [0.25, 0.3) is 0 Å². The molecule has 0 radical (unpaired) electrons. The van der Waals surface area contributed by atoms with E-state index < -0.39 is 6.04 Å². The third-order valence-corrected chi connectivity index (χ3v) is 3.25. The second-order valence-electron chi connectivity index (χ2n) is 4.10. The molecule has 0 aliphatic heterocycles. The number of nitrogens with two attached hydrogens (primary N) is 1. The maximum absolute atomic E-state index is 11.5. The summed E-state index contributed by atoms with van der Waals surface area (Å²) in [6, 6.07) is -0.435. The third kappa shape index (κ3) is 4.18. The number of carbonyl (C=O) groups is 1. The largest absolute Gasteiger partial charge is 0.396 e. The topological polar surface area (TPSA) is 75.4 Å². The highest BCUT2D eigenvalue weighted by Crippen LogP contribution is 2.24. The van der Waals surface area contributed by atoms with E-state index in [1.54, 1.807) is 0 Å². The highest BCUT2D eigenvalue weighted by Gasteiger charge is 2.26. The van der Waals surface area contributed by atoms with E-state index in [2.05, 4.69) is 5.32 Å². The van der Waals surface area contributed by atoms with Gasteiger partial charge in [0.15, 0.2) is 0 Å². The van der Waals surface area contributed by atoms with Crippen LogP contribution in [-0.2, 0) is 4.79 Å². The van der Waals surface area contributed by atoms with Crippen molar-refractivity contribution < 1.29 is 9.90 Å². The molecule has 0 fully saturated rings. The Bertz CT molecular complexity index is 183. The van der Waals surface area contributed by atoms with E-state index in [-0.39, 0.29) is 17.9 Å². The lowest BCUT2D eigenvalue weighted by Gasteiger charge is -2.29. The summed E-state index contributed by atoms with van der Waals surface area (Å²) in [4.78, 5) is 11.5. The van der Waals surface area contributed by atoms with Crippen molar-refractivity contribution in [2.24, 2.45) is 11.1 Å². The van der Waals surface area contributed by atoms with E-state index in [1.165, 1.54) is 0 Å². The highest BCUT2D eigenvalue weighted by atomic mass is 16.3. The van der Waals surface area contributed by atoms with Crippen LogP contribution >= 0.6 is 0 Å². The molecule has 1 amide bonds. The van der Waals surface area contributed by atoms with Crippen molar-refractivity contribution in [3.05, 3.63) is 0 Å². The van der Waals surface area contributed by atoms with Crippen LogP contribution in [0, 0.1) is 5.41 Å². The fourth-order valence-electron chi connectivity index (χ4n) is 1.37. The van der Waals surface area contributed by atoms with Crippen molar-refractivity contribution in [3.8, 4) is 0 Å². The van der Waals surface area contributed by atoms with Crippen LogP contribution in [0.15, 0.2) is 0 Å². The van der Waals surface area contributed by atoms with Crippen molar-refractivity contribution in [2.45, 2.75) is 46.1 Å². The Morgan fingerprint density at radius 1 is 1.40 bits per heavy atom. The Morgan fingerprint density at radius 3 is 2.27 bits per heavy atom. The number of hydrogen-bond acceptors (Lipinski definition) is 3. The first-order valence-electron chi connectivity index (χ1n) is 5.69. The third-order valence-electron chi connectivity index (χ3n) is 3.25. The zero-order chi connectivity index (χ0) is 11.9. The molecule has 0 heterocycles. The zero-order valence-corrected chi connectivity index (χ0v) is 10.0. The molecule has 15 heavy (non-hydrogen) atoms. The average molecular weight is 216 g/mol. The summed E-state index contributed by atoms with van der Waals surface area (Å²) < 4.78 is 0.